The molecule has 0 atom stereocenters. The van der Waals surface area contributed by atoms with E-state index in [1.165, 1.54) is 42.1 Å². The average Bonchev–Trinajstić information content (AvgIpc) is 3.30. The first-order valence-corrected chi connectivity index (χ1v) is 11.5. The van der Waals surface area contributed by atoms with Crippen LogP contribution in [0, 0.1) is 0 Å². The maximum absolute atomic E-state index is 13.0. The number of carbonyl (C=O) groups excluding carboxylic acids is 2. The summed E-state index contributed by atoms with van der Waals surface area (Å²) in [5, 5.41) is 3.65. The van der Waals surface area contributed by atoms with E-state index in [1.54, 1.807) is 36.4 Å². The smallest absolute Gasteiger partial charge is 0.325 e. The number of ether oxygens (including phenoxy) is 1. The molecule has 0 aliphatic carbocycles. The fourth-order valence-corrected chi connectivity index (χ4v) is 5.02. The predicted octanol–water partition coefficient (Wildman–Crippen LogP) is 2.75. The summed E-state index contributed by atoms with van der Waals surface area (Å²) in [6, 6.07) is 12.8. The zero-order chi connectivity index (χ0) is 22.0. The lowest BCUT2D eigenvalue weighted by atomic mass is 10.1. The Morgan fingerprint density at radius 3 is 2.84 bits per heavy atom. The number of rotatable bonds is 6. The van der Waals surface area contributed by atoms with Crippen molar-refractivity contribution in [2.24, 2.45) is 0 Å². The Morgan fingerprint density at radius 2 is 2.10 bits per heavy atom. The predicted molar refractivity (Wildman–Crippen MR) is 114 cm³/mol. The third-order valence-corrected chi connectivity index (χ3v) is 6.96. The average molecular weight is 460 g/mol. The van der Waals surface area contributed by atoms with Gasteiger partial charge in [0.15, 0.2) is 5.76 Å². The van der Waals surface area contributed by atoms with Gasteiger partial charge in [-0.25, -0.2) is 8.42 Å². The summed E-state index contributed by atoms with van der Waals surface area (Å²) in [5.41, 5.74) is 1.35. The van der Waals surface area contributed by atoms with Crippen molar-refractivity contribution in [2.45, 2.75) is 9.79 Å². The second-order valence-electron chi connectivity index (χ2n) is 6.54. The van der Waals surface area contributed by atoms with Crippen LogP contribution in [0.25, 0.3) is 11.3 Å². The second-order valence-corrected chi connectivity index (χ2v) is 9.24. The number of nitrogens with zero attached hydrogens (tertiary/aromatic N) is 2. The van der Waals surface area contributed by atoms with Gasteiger partial charge in [0.25, 0.3) is 10.0 Å². The van der Waals surface area contributed by atoms with E-state index >= 15 is 0 Å². The number of thioether (sulfide) groups is 1. The molecule has 9 nitrogen and oxygen atoms in total. The first-order valence-electron chi connectivity index (χ1n) is 9.05. The van der Waals surface area contributed by atoms with Crippen LogP contribution >= 0.6 is 11.8 Å². The van der Waals surface area contributed by atoms with E-state index in [4.69, 9.17) is 4.52 Å². The largest absolute Gasteiger partial charge is 0.468 e. The minimum atomic E-state index is -3.97. The highest BCUT2D eigenvalue weighted by Gasteiger charge is 2.29. The van der Waals surface area contributed by atoms with E-state index in [0.717, 1.165) is 0 Å². The van der Waals surface area contributed by atoms with Crippen LogP contribution in [0.5, 0.6) is 0 Å². The maximum atomic E-state index is 13.0. The highest BCUT2D eigenvalue weighted by atomic mass is 32.2. The molecule has 0 fully saturated rings. The molecule has 2 heterocycles. The standard InChI is InChI=1S/C20H17N3O6S2/c1-28-20(25)11-23-16-10-15(5-6-18(16)30-12-19(23)24)31(26,27)22-14-4-2-3-13(9-14)17-7-8-21-29-17/h2-10,22H,11-12H2,1H3. The second kappa shape index (κ2) is 8.44. The lowest BCUT2D eigenvalue weighted by Gasteiger charge is -2.28. The Kier molecular flexibility index (Phi) is 5.70. The Labute approximate surface area is 182 Å². The molecule has 31 heavy (non-hydrogen) atoms. The molecule has 2 aromatic carbocycles. The molecule has 1 aliphatic rings. The molecule has 0 spiro atoms. The number of hydrogen-bond acceptors (Lipinski definition) is 8. The monoisotopic (exact) mass is 459 g/mol. The van der Waals surface area contributed by atoms with Crippen molar-refractivity contribution in [1.29, 1.82) is 0 Å². The summed E-state index contributed by atoms with van der Waals surface area (Å²) in [5.74, 6) is -0.237. The number of benzene rings is 2. The van der Waals surface area contributed by atoms with E-state index < -0.39 is 16.0 Å². The Balaban J connectivity index is 1.64. The van der Waals surface area contributed by atoms with Crippen LogP contribution in [-0.4, -0.2) is 44.9 Å². The third kappa shape index (κ3) is 4.42. The molecule has 3 aromatic rings. The van der Waals surface area contributed by atoms with Crippen molar-refractivity contribution in [3.63, 3.8) is 0 Å². The summed E-state index contributed by atoms with van der Waals surface area (Å²) in [7, 11) is -2.74. The lowest BCUT2D eigenvalue weighted by Crippen LogP contribution is -2.39. The van der Waals surface area contributed by atoms with Crippen LogP contribution in [-0.2, 0) is 24.3 Å². The molecule has 0 unspecified atom stereocenters. The molecule has 160 valence electrons. The molecule has 1 aromatic heterocycles. The van der Waals surface area contributed by atoms with Crippen molar-refractivity contribution < 1.29 is 27.3 Å². The first kappa shape index (κ1) is 20.9. The highest BCUT2D eigenvalue weighted by Crippen LogP contribution is 2.37. The van der Waals surface area contributed by atoms with Gasteiger partial charge in [-0.05, 0) is 30.3 Å². The van der Waals surface area contributed by atoms with E-state index in [2.05, 4.69) is 14.6 Å². The number of esters is 1. The number of fused-ring (bicyclic) bond motifs is 1. The summed E-state index contributed by atoms with van der Waals surface area (Å²) >= 11 is 1.28. The maximum Gasteiger partial charge on any atom is 0.325 e. The fraction of sp³-hybridized carbons (Fsp3) is 0.150. The van der Waals surface area contributed by atoms with Crippen LogP contribution in [0.3, 0.4) is 0 Å². The van der Waals surface area contributed by atoms with Crippen LogP contribution in [0.4, 0.5) is 11.4 Å². The van der Waals surface area contributed by atoms with Gasteiger partial charge < -0.3 is 9.26 Å². The van der Waals surface area contributed by atoms with E-state index in [1.807, 2.05) is 0 Å². The Bertz CT molecular complexity index is 1240. The number of amides is 1. The number of sulfonamides is 1. The van der Waals surface area contributed by atoms with Crippen LogP contribution in [0.2, 0.25) is 0 Å². The van der Waals surface area contributed by atoms with Gasteiger partial charge in [0, 0.05) is 22.2 Å². The van der Waals surface area contributed by atoms with Gasteiger partial charge in [-0.3, -0.25) is 19.2 Å². The normalized spacial score (nSPS) is 13.6. The third-order valence-electron chi connectivity index (χ3n) is 4.54. The minimum Gasteiger partial charge on any atom is -0.468 e. The Hall–Kier alpha value is -3.31. The van der Waals surface area contributed by atoms with Gasteiger partial charge in [0.2, 0.25) is 5.91 Å². The van der Waals surface area contributed by atoms with E-state index in [-0.39, 0.29) is 23.1 Å². The summed E-state index contributed by atoms with van der Waals surface area (Å²) in [6.45, 7) is -0.293. The zero-order valence-corrected chi connectivity index (χ0v) is 17.9. The van der Waals surface area contributed by atoms with Gasteiger partial charge in [0.1, 0.15) is 6.54 Å². The molecule has 0 radical (unpaired) electrons. The van der Waals surface area contributed by atoms with Gasteiger partial charge in [0.05, 0.1) is 29.6 Å². The Morgan fingerprint density at radius 1 is 1.26 bits per heavy atom. The molecule has 4 rings (SSSR count). The van der Waals surface area contributed by atoms with Crippen LogP contribution in [0.1, 0.15) is 0 Å². The summed E-state index contributed by atoms with van der Waals surface area (Å²) in [4.78, 5) is 26.0. The summed E-state index contributed by atoms with van der Waals surface area (Å²) in [6.07, 6.45) is 1.50. The molecular weight excluding hydrogens is 442 g/mol. The summed E-state index contributed by atoms with van der Waals surface area (Å²) < 4.78 is 38.3. The van der Waals surface area contributed by atoms with E-state index in [0.29, 0.717) is 27.6 Å². The van der Waals surface area contributed by atoms with Crippen molar-refractivity contribution >= 4 is 45.0 Å². The molecule has 0 saturated heterocycles. The van der Waals surface area contributed by atoms with Crippen LogP contribution < -0.4 is 9.62 Å². The van der Waals surface area contributed by atoms with Crippen LogP contribution in [0.15, 0.2) is 69.0 Å². The van der Waals surface area contributed by atoms with E-state index in [9.17, 15) is 18.0 Å². The van der Waals surface area contributed by atoms with Crippen molar-refractivity contribution in [1.82, 2.24) is 5.16 Å². The van der Waals surface area contributed by atoms with Gasteiger partial charge >= 0.3 is 5.97 Å². The molecule has 0 bridgehead atoms. The lowest BCUT2D eigenvalue weighted by molar-refractivity contribution is -0.139. The number of aromatic nitrogens is 1. The molecule has 1 N–H and O–H groups in total. The number of methoxy groups -OCH3 is 1. The fourth-order valence-electron chi connectivity index (χ4n) is 3.03. The van der Waals surface area contributed by atoms with Crippen molar-refractivity contribution in [3.8, 4) is 11.3 Å². The topological polar surface area (TPSA) is 119 Å². The zero-order valence-electron chi connectivity index (χ0n) is 16.3. The molecular formula is C20H17N3O6S2. The molecule has 0 saturated carbocycles. The SMILES string of the molecule is COC(=O)CN1C(=O)CSc2ccc(S(=O)(=O)Nc3cccc(-c4ccno4)c3)cc21. The first-order chi connectivity index (χ1) is 14.9. The quantitative estimate of drug-likeness (QED) is 0.559. The molecule has 1 amide bonds. The minimum absolute atomic E-state index is 0.0403. The van der Waals surface area contributed by atoms with Gasteiger partial charge in [-0.1, -0.05) is 17.3 Å². The van der Waals surface area contributed by atoms with Crippen molar-refractivity contribution in [2.75, 3.05) is 29.0 Å². The molecule has 1 aliphatic heterocycles. The number of hydrogen-bond donors (Lipinski definition) is 1. The number of nitrogens with one attached hydrogen (secondary N) is 1. The molecule has 11 heteroatoms. The highest BCUT2D eigenvalue weighted by molar-refractivity contribution is 8.00. The van der Waals surface area contributed by atoms with Crippen molar-refractivity contribution in [3.05, 3.63) is 54.7 Å². The number of anilines is 2. The number of carbonyl (C=O) groups is 2. The van der Waals surface area contributed by atoms with Gasteiger partial charge in [-0.15, -0.1) is 11.8 Å². The van der Waals surface area contributed by atoms with Gasteiger partial charge in [-0.2, -0.15) is 0 Å².